The topological polar surface area (TPSA) is 46.1 Å². The molecule has 1 aromatic carbocycles. The van der Waals surface area contributed by atoms with Gasteiger partial charge in [-0.25, -0.2) is 9.97 Å². The minimum Gasteiger partial charge on any atom is -0.340 e. The first-order valence-corrected chi connectivity index (χ1v) is 8.94. The van der Waals surface area contributed by atoms with E-state index in [1.54, 1.807) is 7.41 Å². The van der Waals surface area contributed by atoms with Crippen LogP contribution in [0.25, 0.3) is 0 Å². The fourth-order valence-corrected chi connectivity index (χ4v) is 3.48. The molecule has 0 amide bonds. The molecule has 141 valence electrons. The molecule has 1 aliphatic heterocycles. The third-order valence-electron chi connectivity index (χ3n) is 4.71. The quantitative estimate of drug-likeness (QED) is 0.440. The first-order chi connectivity index (χ1) is 12.9. The largest absolute Gasteiger partial charge is 0.420 e. The number of halogens is 4. The van der Waals surface area contributed by atoms with E-state index in [-0.39, 0.29) is 5.82 Å². The minimum atomic E-state index is -4.56. The average molecular weight is 395 g/mol. The van der Waals surface area contributed by atoms with Crippen molar-refractivity contribution in [2.24, 2.45) is 0 Å². The highest BCUT2D eigenvalue weighted by Gasteiger charge is 2.34. The van der Waals surface area contributed by atoms with Crippen molar-refractivity contribution in [1.82, 2.24) is 14.8 Å². The van der Waals surface area contributed by atoms with Crippen LogP contribution in [0.5, 0.6) is 0 Å². The number of hydrogen-bond acceptors (Lipinski definition) is 4. The van der Waals surface area contributed by atoms with E-state index in [2.05, 4.69) is 9.97 Å². The molecule has 0 N–H and O–H groups in total. The summed E-state index contributed by atoms with van der Waals surface area (Å²) < 4.78 is 38.1. The number of piperidine rings is 1. The van der Waals surface area contributed by atoms with Gasteiger partial charge in [-0.3, -0.25) is 0 Å². The van der Waals surface area contributed by atoms with Gasteiger partial charge in [0.1, 0.15) is 16.5 Å². The molecule has 2 heterocycles. The second-order valence-electron chi connectivity index (χ2n) is 6.50. The van der Waals surface area contributed by atoms with Gasteiger partial charge in [-0.2, -0.15) is 13.2 Å². The van der Waals surface area contributed by atoms with Crippen LogP contribution in [0.1, 0.15) is 41.3 Å². The molecular weight excluding hydrogens is 377 g/mol. The highest BCUT2D eigenvalue weighted by molar-refractivity contribution is 6.64. The van der Waals surface area contributed by atoms with Crippen molar-refractivity contribution in [1.29, 1.82) is 0 Å². The second-order valence-corrected chi connectivity index (χ2v) is 6.86. The maximum absolute atomic E-state index is 12.7. The normalized spacial score (nSPS) is 16.3. The molecule has 1 aromatic heterocycles. The molecule has 0 bridgehead atoms. The van der Waals surface area contributed by atoms with Crippen LogP contribution in [0.15, 0.2) is 30.5 Å². The smallest absolute Gasteiger partial charge is 0.340 e. The van der Waals surface area contributed by atoms with Gasteiger partial charge in [0.25, 0.3) is 7.41 Å². The van der Waals surface area contributed by atoms with Gasteiger partial charge < -0.3 is 9.61 Å². The Labute approximate surface area is 161 Å². The number of carbonyl (C=O) groups excluding carboxylic acids is 1. The third-order valence-corrected chi connectivity index (χ3v) is 5.00. The van der Waals surface area contributed by atoms with Crippen LogP contribution in [0.3, 0.4) is 0 Å². The Hall–Kier alpha value is -1.93. The summed E-state index contributed by atoms with van der Waals surface area (Å²) in [5, 5.41) is -0.581. The summed E-state index contributed by atoms with van der Waals surface area (Å²) >= 11 is 5.64. The van der Waals surface area contributed by atoms with Crippen LogP contribution in [0, 0.1) is 0 Å². The zero-order valence-electron chi connectivity index (χ0n) is 14.4. The number of alkyl halides is 3. The molecule has 0 unspecified atom stereocenters. The number of rotatable bonds is 5. The molecule has 0 saturated carbocycles. The molecule has 1 fully saturated rings. The van der Waals surface area contributed by atoms with Crippen LogP contribution in [-0.4, -0.2) is 41.5 Å². The summed E-state index contributed by atoms with van der Waals surface area (Å²) in [6.07, 6.45) is -0.766. The van der Waals surface area contributed by atoms with Crippen molar-refractivity contribution in [3.05, 3.63) is 58.1 Å². The van der Waals surface area contributed by atoms with Crippen molar-refractivity contribution in [3.8, 4) is 0 Å². The molecule has 9 heteroatoms. The summed E-state index contributed by atoms with van der Waals surface area (Å²) in [6.45, 7) is 1.70. The van der Waals surface area contributed by atoms with Gasteiger partial charge in [-0.1, -0.05) is 35.9 Å². The molecule has 0 aliphatic carbocycles. The van der Waals surface area contributed by atoms with E-state index in [9.17, 15) is 18.0 Å². The summed E-state index contributed by atoms with van der Waals surface area (Å²) in [6, 6.07) is 7.94. The molecule has 1 aliphatic rings. The molecule has 1 saturated heterocycles. The number of carbonyl (C=O) groups is 1. The Kier molecular flexibility index (Phi) is 6.16. The zero-order chi connectivity index (χ0) is 19.4. The van der Waals surface area contributed by atoms with Crippen molar-refractivity contribution < 1.29 is 18.0 Å². The lowest BCUT2D eigenvalue weighted by Gasteiger charge is -2.30. The number of aromatic nitrogens is 2. The molecule has 3 rings (SSSR count). The van der Waals surface area contributed by atoms with Gasteiger partial charge in [-0.05, 0) is 43.0 Å². The number of hydrogen-bond donors (Lipinski definition) is 0. The van der Waals surface area contributed by atoms with Crippen LogP contribution in [-0.2, 0) is 17.4 Å². The standard InChI is InChI=1S/C18H17BClF3N3O/c20-17-15(18(21,22)23)10-24-16(25-17)9-12-1-3-13(4-2-12)14-5-7-26(8-6-14)19-11-27/h1-4,10-11,14H,5-9H2. The molecule has 2 aromatic rings. The Morgan fingerprint density at radius 1 is 1.22 bits per heavy atom. The van der Waals surface area contributed by atoms with Gasteiger partial charge in [0, 0.05) is 12.6 Å². The van der Waals surface area contributed by atoms with Crippen molar-refractivity contribution >= 4 is 25.2 Å². The van der Waals surface area contributed by atoms with E-state index in [1.807, 2.05) is 29.1 Å². The van der Waals surface area contributed by atoms with E-state index < -0.39 is 16.9 Å². The summed E-state index contributed by atoms with van der Waals surface area (Å²) in [7, 11) is 1.58. The predicted octanol–water partition coefficient (Wildman–Crippen LogP) is 3.73. The Bertz CT molecular complexity index is 793. The third kappa shape index (κ3) is 5.08. The van der Waals surface area contributed by atoms with Crippen LogP contribution >= 0.6 is 11.6 Å². The van der Waals surface area contributed by atoms with Crippen molar-refractivity contribution in [2.75, 3.05) is 13.1 Å². The van der Waals surface area contributed by atoms with E-state index in [0.717, 1.165) is 43.9 Å². The second kappa shape index (κ2) is 8.40. The Morgan fingerprint density at radius 3 is 2.44 bits per heavy atom. The highest BCUT2D eigenvalue weighted by Crippen LogP contribution is 2.33. The zero-order valence-corrected chi connectivity index (χ0v) is 15.2. The maximum atomic E-state index is 12.7. The first kappa shape index (κ1) is 19.8. The lowest BCUT2D eigenvalue weighted by atomic mass is 9.84. The van der Waals surface area contributed by atoms with E-state index in [0.29, 0.717) is 12.3 Å². The summed E-state index contributed by atoms with van der Waals surface area (Å²) in [4.78, 5) is 20.1. The maximum Gasteiger partial charge on any atom is 0.420 e. The number of benzene rings is 1. The first-order valence-electron chi connectivity index (χ1n) is 8.57. The van der Waals surface area contributed by atoms with E-state index in [1.165, 1.54) is 5.56 Å². The molecule has 4 nitrogen and oxygen atoms in total. The lowest BCUT2D eigenvalue weighted by molar-refractivity contribution is -0.138. The lowest BCUT2D eigenvalue weighted by Crippen LogP contribution is -2.36. The molecule has 0 spiro atoms. The fraction of sp³-hybridized carbons (Fsp3) is 0.389. The average Bonchev–Trinajstić information content (AvgIpc) is 2.62. The minimum absolute atomic E-state index is 0.249. The van der Waals surface area contributed by atoms with Crippen molar-refractivity contribution in [3.63, 3.8) is 0 Å². The monoisotopic (exact) mass is 394 g/mol. The highest BCUT2D eigenvalue weighted by atomic mass is 35.5. The molecule has 1 radical (unpaired) electrons. The van der Waals surface area contributed by atoms with Gasteiger partial charge in [0.2, 0.25) is 0 Å². The van der Waals surface area contributed by atoms with Crippen LogP contribution in [0.2, 0.25) is 5.15 Å². The summed E-state index contributed by atoms with van der Waals surface area (Å²) in [5.74, 6) is 0.686. The van der Waals surface area contributed by atoms with E-state index >= 15 is 0 Å². The van der Waals surface area contributed by atoms with Crippen LogP contribution in [0.4, 0.5) is 13.2 Å². The SMILES string of the molecule is O=C[B]N1CCC(c2ccc(Cc3ncc(C(F)(F)F)c(Cl)n3)cc2)CC1. The summed E-state index contributed by atoms with van der Waals surface area (Å²) in [5.41, 5.74) is 1.10. The van der Waals surface area contributed by atoms with Gasteiger partial charge in [0.15, 0.2) is 0 Å². The Balaban J connectivity index is 1.63. The van der Waals surface area contributed by atoms with Gasteiger partial charge in [0.05, 0.1) is 6.19 Å². The predicted molar refractivity (Wildman–Crippen MR) is 97.3 cm³/mol. The Morgan fingerprint density at radius 2 is 1.89 bits per heavy atom. The van der Waals surface area contributed by atoms with E-state index in [4.69, 9.17) is 11.6 Å². The molecule has 0 atom stereocenters. The molecule has 27 heavy (non-hydrogen) atoms. The van der Waals surface area contributed by atoms with Gasteiger partial charge in [-0.15, -0.1) is 0 Å². The molecular formula is C18H17BClF3N3O. The van der Waals surface area contributed by atoms with Crippen molar-refractivity contribution in [2.45, 2.75) is 31.4 Å². The fourth-order valence-electron chi connectivity index (χ4n) is 3.23. The number of nitrogens with zero attached hydrogens (tertiary/aromatic N) is 3. The van der Waals surface area contributed by atoms with Crippen LogP contribution < -0.4 is 0 Å². The van der Waals surface area contributed by atoms with Gasteiger partial charge >= 0.3 is 6.18 Å².